The van der Waals surface area contributed by atoms with Crippen LogP contribution in [0.4, 0.5) is 0 Å². The molecule has 3 rings (SSSR count). The molecule has 1 aromatic carbocycles. The molecule has 0 saturated heterocycles. The van der Waals surface area contributed by atoms with Crippen molar-refractivity contribution in [3.05, 3.63) is 42.1 Å². The summed E-state index contributed by atoms with van der Waals surface area (Å²) in [4.78, 5) is 16.9. The fourth-order valence-electron chi connectivity index (χ4n) is 3.34. The number of hydrogen-bond acceptors (Lipinski definition) is 3. The predicted octanol–water partition coefficient (Wildman–Crippen LogP) is 2.87. The minimum absolute atomic E-state index is 0.0565. The lowest BCUT2D eigenvalue weighted by molar-refractivity contribution is 0.0911. The van der Waals surface area contributed by atoms with E-state index in [1.165, 1.54) is 19.3 Å². The summed E-state index contributed by atoms with van der Waals surface area (Å²) in [6, 6.07) is 11.6. The first-order chi connectivity index (χ1) is 10.8. The highest BCUT2D eigenvalue weighted by Gasteiger charge is 2.24. The molecule has 1 heterocycles. The summed E-state index contributed by atoms with van der Waals surface area (Å²) >= 11 is 0. The van der Waals surface area contributed by atoms with Gasteiger partial charge in [-0.05, 0) is 30.9 Å². The number of nitrogens with one attached hydrogen (secondary N) is 1. The molecule has 0 spiro atoms. The molecule has 1 aromatic heterocycles. The van der Waals surface area contributed by atoms with E-state index < -0.39 is 0 Å². The van der Waals surface area contributed by atoms with E-state index in [-0.39, 0.29) is 11.9 Å². The molecule has 3 N–H and O–H groups in total. The van der Waals surface area contributed by atoms with E-state index in [2.05, 4.69) is 10.3 Å². The number of carbonyl (C=O) groups is 1. The topological polar surface area (TPSA) is 68.0 Å². The summed E-state index contributed by atoms with van der Waals surface area (Å²) in [6.07, 6.45) is 6.10. The van der Waals surface area contributed by atoms with Crippen LogP contribution >= 0.6 is 0 Å². The maximum Gasteiger partial charge on any atom is 0.270 e. The number of amides is 1. The molecule has 1 amide bonds. The van der Waals surface area contributed by atoms with Gasteiger partial charge in [0.15, 0.2) is 0 Å². The van der Waals surface area contributed by atoms with Crippen molar-refractivity contribution >= 4 is 16.8 Å². The van der Waals surface area contributed by atoms with Gasteiger partial charge in [-0.2, -0.15) is 0 Å². The Labute approximate surface area is 131 Å². The van der Waals surface area contributed by atoms with Crippen molar-refractivity contribution in [1.82, 2.24) is 10.3 Å². The maximum absolute atomic E-state index is 12.5. The molecule has 1 aliphatic rings. The van der Waals surface area contributed by atoms with Gasteiger partial charge in [0.2, 0.25) is 0 Å². The van der Waals surface area contributed by atoms with Crippen LogP contribution in [0.1, 0.15) is 42.6 Å². The van der Waals surface area contributed by atoms with Crippen molar-refractivity contribution in [2.45, 2.75) is 38.1 Å². The van der Waals surface area contributed by atoms with Crippen LogP contribution in [-0.2, 0) is 0 Å². The van der Waals surface area contributed by atoms with Gasteiger partial charge in [-0.1, -0.05) is 43.5 Å². The normalized spacial score (nSPS) is 17.3. The Morgan fingerprint density at radius 3 is 2.73 bits per heavy atom. The molecule has 1 unspecified atom stereocenters. The Bertz CT molecular complexity index is 650. The molecule has 0 radical (unpaired) electrons. The van der Waals surface area contributed by atoms with E-state index in [9.17, 15) is 4.79 Å². The minimum Gasteiger partial charge on any atom is -0.346 e. The summed E-state index contributed by atoms with van der Waals surface area (Å²) in [7, 11) is 0. The van der Waals surface area contributed by atoms with E-state index in [4.69, 9.17) is 5.73 Å². The lowest BCUT2D eigenvalue weighted by atomic mass is 9.84. The number of nitrogens with zero attached hydrogens (tertiary/aromatic N) is 1. The van der Waals surface area contributed by atoms with Crippen LogP contribution in [-0.4, -0.2) is 23.5 Å². The zero-order chi connectivity index (χ0) is 15.4. The van der Waals surface area contributed by atoms with E-state index >= 15 is 0 Å². The summed E-state index contributed by atoms with van der Waals surface area (Å²) in [5.41, 5.74) is 7.20. The number of hydrogen-bond donors (Lipinski definition) is 2. The highest BCUT2D eigenvalue weighted by molar-refractivity contribution is 5.95. The summed E-state index contributed by atoms with van der Waals surface area (Å²) in [6.45, 7) is 0.490. The smallest absolute Gasteiger partial charge is 0.270 e. The van der Waals surface area contributed by atoms with Gasteiger partial charge in [0.25, 0.3) is 5.91 Å². The summed E-state index contributed by atoms with van der Waals surface area (Å²) < 4.78 is 0. The fourth-order valence-corrected chi connectivity index (χ4v) is 3.34. The molecule has 1 atom stereocenters. The van der Waals surface area contributed by atoms with Crippen molar-refractivity contribution in [2.24, 2.45) is 11.7 Å². The molecule has 0 aliphatic heterocycles. The van der Waals surface area contributed by atoms with Crippen molar-refractivity contribution in [2.75, 3.05) is 6.54 Å². The standard InChI is InChI=1S/C18H23N3O/c19-12-17(13-6-2-1-3-7-13)21-18(22)16-11-10-14-8-4-5-9-15(14)20-16/h4-5,8-11,13,17H,1-3,6-7,12,19H2,(H,21,22). The van der Waals surface area contributed by atoms with Gasteiger partial charge in [-0.15, -0.1) is 0 Å². The Balaban J connectivity index is 1.73. The zero-order valence-corrected chi connectivity index (χ0v) is 12.8. The van der Waals surface area contributed by atoms with Gasteiger partial charge < -0.3 is 11.1 Å². The van der Waals surface area contributed by atoms with Crippen LogP contribution in [0.3, 0.4) is 0 Å². The molecule has 2 aromatic rings. The molecule has 116 valence electrons. The van der Waals surface area contributed by atoms with Gasteiger partial charge in [-0.25, -0.2) is 4.98 Å². The van der Waals surface area contributed by atoms with E-state index in [1.807, 2.05) is 30.3 Å². The molecule has 1 aliphatic carbocycles. The van der Waals surface area contributed by atoms with Gasteiger partial charge in [0.1, 0.15) is 5.69 Å². The van der Waals surface area contributed by atoms with E-state index in [0.717, 1.165) is 23.7 Å². The number of carbonyl (C=O) groups excluding carboxylic acids is 1. The SMILES string of the molecule is NCC(NC(=O)c1ccc2ccccc2n1)C1CCCCC1. The van der Waals surface area contributed by atoms with Crippen molar-refractivity contribution in [3.63, 3.8) is 0 Å². The quantitative estimate of drug-likeness (QED) is 0.912. The Morgan fingerprint density at radius 1 is 1.18 bits per heavy atom. The lowest BCUT2D eigenvalue weighted by Crippen LogP contribution is -2.46. The highest BCUT2D eigenvalue weighted by atomic mass is 16.1. The number of benzene rings is 1. The fraction of sp³-hybridized carbons (Fsp3) is 0.444. The lowest BCUT2D eigenvalue weighted by Gasteiger charge is -2.30. The highest BCUT2D eigenvalue weighted by Crippen LogP contribution is 2.26. The summed E-state index contributed by atoms with van der Waals surface area (Å²) in [5.74, 6) is 0.384. The minimum atomic E-state index is -0.119. The monoisotopic (exact) mass is 297 g/mol. The average Bonchev–Trinajstić information content (AvgIpc) is 2.59. The zero-order valence-electron chi connectivity index (χ0n) is 12.8. The van der Waals surface area contributed by atoms with Crippen LogP contribution in [0.25, 0.3) is 10.9 Å². The summed E-state index contributed by atoms with van der Waals surface area (Å²) in [5, 5.41) is 4.13. The number of rotatable bonds is 4. The molecule has 4 heteroatoms. The number of para-hydroxylation sites is 1. The third kappa shape index (κ3) is 3.28. The number of nitrogens with two attached hydrogens (primary N) is 1. The number of fused-ring (bicyclic) bond motifs is 1. The Hall–Kier alpha value is -1.94. The molecule has 22 heavy (non-hydrogen) atoms. The molecular formula is C18H23N3O. The first-order valence-electron chi connectivity index (χ1n) is 8.14. The van der Waals surface area contributed by atoms with Gasteiger partial charge >= 0.3 is 0 Å². The van der Waals surface area contributed by atoms with Crippen molar-refractivity contribution < 1.29 is 4.79 Å². The van der Waals surface area contributed by atoms with Gasteiger partial charge in [0, 0.05) is 18.0 Å². The maximum atomic E-state index is 12.5. The van der Waals surface area contributed by atoms with Crippen molar-refractivity contribution in [3.8, 4) is 0 Å². The number of pyridine rings is 1. The second-order valence-corrected chi connectivity index (χ2v) is 6.10. The van der Waals surface area contributed by atoms with Crippen LogP contribution in [0, 0.1) is 5.92 Å². The molecular weight excluding hydrogens is 274 g/mol. The van der Waals surface area contributed by atoms with Crippen molar-refractivity contribution in [1.29, 1.82) is 0 Å². The second-order valence-electron chi connectivity index (χ2n) is 6.10. The molecule has 4 nitrogen and oxygen atoms in total. The molecule has 1 fully saturated rings. The Morgan fingerprint density at radius 2 is 1.95 bits per heavy atom. The average molecular weight is 297 g/mol. The molecule has 0 bridgehead atoms. The number of aromatic nitrogens is 1. The van der Waals surface area contributed by atoms with Gasteiger partial charge in [0.05, 0.1) is 5.52 Å². The Kier molecular flexibility index (Phi) is 4.68. The predicted molar refractivity (Wildman–Crippen MR) is 88.6 cm³/mol. The van der Waals surface area contributed by atoms with Gasteiger partial charge in [-0.3, -0.25) is 4.79 Å². The van der Waals surface area contributed by atoms with Crippen LogP contribution in [0.2, 0.25) is 0 Å². The largest absolute Gasteiger partial charge is 0.346 e. The third-order valence-electron chi connectivity index (χ3n) is 4.62. The second kappa shape index (κ2) is 6.88. The van der Waals surface area contributed by atoms with Crippen LogP contribution in [0.5, 0.6) is 0 Å². The van der Waals surface area contributed by atoms with E-state index in [1.54, 1.807) is 6.07 Å². The first kappa shape index (κ1) is 15.0. The first-order valence-corrected chi connectivity index (χ1v) is 8.14. The van der Waals surface area contributed by atoms with Crippen LogP contribution < -0.4 is 11.1 Å². The molecule has 1 saturated carbocycles. The van der Waals surface area contributed by atoms with Crippen LogP contribution in [0.15, 0.2) is 36.4 Å². The third-order valence-corrected chi connectivity index (χ3v) is 4.62. The van der Waals surface area contributed by atoms with E-state index in [0.29, 0.717) is 18.2 Å².